The molecular weight excluding hydrogens is 410 g/mol. The first kappa shape index (κ1) is 22.1. The highest BCUT2D eigenvalue weighted by Gasteiger charge is 2.26. The fourth-order valence-electron chi connectivity index (χ4n) is 4.25. The van der Waals surface area contributed by atoms with E-state index in [-0.39, 0.29) is 30.7 Å². The molecule has 1 aromatic heterocycles. The number of rotatable bonds is 8. The van der Waals surface area contributed by atoms with Gasteiger partial charge < -0.3 is 19.7 Å². The summed E-state index contributed by atoms with van der Waals surface area (Å²) in [5.74, 6) is 1.47. The standard InChI is InChI=1S/C23H31N5O4/c1-16(2)24-23(30)19-14-27(26-25-19)12-10-18-5-3-4-11-28(18)22(29)9-7-17-6-8-20-21(13-17)32-15-31-20/h6,8,13-14,16,18H,3-5,7,9-12,15H2,1-2H3,(H,24,30)/t18-/m1/s1. The van der Waals surface area contributed by atoms with Crippen molar-refractivity contribution in [2.24, 2.45) is 0 Å². The van der Waals surface area contributed by atoms with Gasteiger partial charge in [-0.2, -0.15) is 0 Å². The van der Waals surface area contributed by atoms with Crippen LogP contribution in [-0.4, -0.2) is 57.1 Å². The smallest absolute Gasteiger partial charge is 0.273 e. The predicted octanol–water partition coefficient (Wildman–Crippen LogP) is 2.55. The van der Waals surface area contributed by atoms with E-state index < -0.39 is 0 Å². The molecule has 0 radical (unpaired) electrons. The van der Waals surface area contributed by atoms with Crippen molar-refractivity contribution in [2.75, 3.05) is 13.3 Å². The molecule has 2 aliphatic heterocycles. The number of likely N-dealkylation sites (tertiary alicyclic amines) is 1. The van der Waals surface area contributed by atoms with E-state index in [1.807, 2.05) is 36.9 Å². The van der Waals surface area contributed by atoms with Gasteiger partial charge in [0, 0.05) is 31.6 Å². The van der Waals surface area contributed by atoms with Gasteiger partial charge in [-0.05, 0) is 63.6 Å². The van der Waals surface area contributed by atoms with Crippen molar-refractivity contribution in [2.45, 2.75) is 71.0 Å². The summed E-state index contributed by atoms with van der Waals surface area (Å²) in [4.78, 5) is 27.1. The molecule has 0 saturated carbocycles. The van der Waals surface area contributed by atoms with Crippen molar-refractivity contribution in [3.05, 3.63) is 35.7 Å². The first-order valence-corrected chi connectivity index (χ1v) is 11.4. The number of fused-ring (bicyclic) bond motifs is 1. The van der Waals surface area contributed by atoms with Gasteiger partial charge >= 0.3 is 0 Å². The van der Waals surface area contributed by atoms with Gasteiger partial charge in [0.05, 0.1) is 6.20 Å². The van der Waals surface area contributed by atoms with E-state index in [0.717, 1.165) is 49.3 Å². The van der Waals surface area contributed by atoms with Crippen molar-refractivity contribution >= 4 is 11.8 Å². The van der Waals surface area contributed by atoms with Gasteiger partial charge in [0.2, 0.25) is 12.7 Å². The average molecular weight is 442 g/mol. The first-order valence-electron chi connectivity index (χ1n) is 11.4. The summed E-state index contributed by atoms with van der Waals surface area (Å²) in [6, 6.07) is 6.09. The molecule has 4 rings (SSSR count). The van der Waals surface area contributed by atoms with Crippen LogP contribution in [0.3, 0.4) is 0 Å². The van der Waals surface area contributed by atoms with Crippen molar-refractivity contribution in [1.29, 1.82) is 0 Å². The fraction of sp³-hybridized carbons (Fsp3) is 0.565. The highest BCUT2D eigenvalue weighted by molar-refractivity contribution is 5.91. The first-order chi connectivity index (χ1) is 15.5. The highest BCUT2D eigenvalue weighted by Crippen LogP contribution is 2.33. The maximum atomic E-state index is 13.0. The lowest BCUT2D eigenvalue weighted by atomic mass is 9.98. The quantitative estimate of drug-likeness (QED) is 0.676. The van der Waals surface area contributed by atoms with E-state index in [4.69, 9.17) is 9.47 Å². The molecule has 1 aromatic carbocycles. The minimum Gasteiger partial charge on any atom is -0.454 e. The van der Waals surface area contributed by atoms with Crippen LogP contribution in [0.2, 0.25) is 0 Å². The molecule has 2 aromatic rings. The molecule has 0 unspecified atom stereocenters. The van der Waals surface area contributed by atoms with Gasteiger partial charge in [0.25, 0.3) is 5.91 Å². The van der Waals surface area contributed by atoms with Gasteiger partial charge in [-0.15, -0.1) is 5.10 Å². The van der Waals surface area contributed by atoms with Crippen LogP contribution in [0.25, 0.3) is 0 Å². The number of aryl methyl sites for hydroxylation is 2. The van der Waals surface area contributed by atoms with E-state index in [2.05, 4.69) is 15.6 Å². The van der Waals surface area contributed by atoms with Crippen LogP contribution in [0.5, 0.6) is 11.5 Å². The molecule has 0 bridgehead atoms. The second-order valence-electron chi connectivity index (χ2n) is 8.71. The van der Waals surface area contributed by atoms with Crippen LogP contribution in [0.1, 0.15) is 62.0 Å². The normalized spacial score (nSPS) is 17.6. The van der Waals surface area contributed by atoms with Gasteiger partial charge in [-0.1, -0.05) is 11.3 Å². The lowest BCUT2D eigenvalue weighted by Crippen LogP contribution is -2.44. The molecule has 1 N–H and O–H groups in total. The second kappa shape index (κ2) is 10.0. The second-order valence-corrected chi connectivity index (χ2v) is 8.71. The lowest BCUT2D eigenvalue weighted by Gasteiger charge is -2.36. The molecule has 0 aliphatic carbocycles. The van der Waals surface area contributed by atoms with E-state index in [1.54, 1.807) is 10.9 Å². The number of amides is 2. The third kappa shape index (κ3) is 5.38. The van der Waals surface area contributed by atoms with E-state index in [1.165, 1.54) is 0 Å². The number of nitrogens with zero attached hydrogens (tertiary/aromatic N) is 4. The van der Waals surface area contributed by atoms with Crippen LogP contribution >= 0.6 is 0 Å². The van der Waals surface area contributed by atoms with E-state index >= 15 is 0 Å². The monoisotopic (exact) mass is 441 g/mol. The summed E-state index contributed by atoms with van der Waals surface area (Å²) in [6.07, 6.45) is 6.77. The Labute approximate surface area is 188 Å². The van der Waals surface area contributed by atoms with Crippen molar-refractivity contribution < 1.29 is 19.1 Å². The van der Waals surface area contributed by atoms with Gasteiger partial charge in [-0.3, -0.25) is 14.3 Å². The van der Waals surface area contributed by atoms with Gasteiger partial charge in [0.15, 0.2) is 17.2 Å². The number of hydrogen-bond donors (Lipinski definition) is 1. The number of aromatic nitrogens is 3. The molecule has 3 heterocycles. The molecule has 1 atom stereocenters. The van der Waals surface area contributed by atoms with Crippen molar-refractivity contribution in [1.82, 2.24) is 25.2 Å². The topological polar surface area (TPSA) is 98.6 Å². The number of benzene rings is 1. The molecule has 9 heteroatoms. The largest absolute Gasteiger partial charge is 0.454 e. The molecular formula is C23H31N5O4. The zero-order valence-electron chi connectivity index (χ0n) is 18.7. The number of carbonyl (C=O) groups is 2. The van der Waals surface area contributed by atoms with Gasteiger partial charge in [-0.25, -0.2) is 0 Å². The lowest BCUT2D eigenvalue weighted by molar-refractivity contribution is -0.135. The minimum absolute atomic E-state index is 0.0483. The molecule has 1 saturated heterocycles. The molecule has 2 amide bonds. The molecule has 0 spiro atoms. The minimum atomic E-state index is -0.218. The Hall–Kier alpha value is -3.10. The van der Waals surface area contributed by atoms with E-state index in [9.17, 15) is 9.59 Å². The number of piperidine rings is 1. The number of ether oxygens (including phenoxy) is 2. The summed E-state index contributed by atoms with van der Waals surface area (Å²) in [5, 5.41) is 10.9. The van der Waals surface area contributed by atoms with Crippen LogP contribution in [0.15, 0.2) is 24.4 Å². The molecule has 32 heavy (non-hydrogen) atoms. The third-order valence-corrected chi connectivity index (χ3v) is 5.89. The van der Waals surface area contributed by atoms with Crippen LogP contribution in [0, 0.1) is 0 Å². The Morgan fingerprint density at radius 3 is 2.91 bits per heavy atom. The van der Waals surface area contributed by atoms with Gasteiger partial charge in [0.1, 0.15) is 0 Å². The fourth-order valence-corrected chi connectivity index (χ4v) is 4.25. The van der Waals surface area contributed by atoms with Crippen LogP contribution in [0.4, 0.5) is 0 Å². The highest BCUT2D eigenvalue weighted by atomic mass is 16.7. The Morgan fingerprint density at radius 1 is 1.22 bits per heavy atom. The predicted molar refractivity (Wildman–Crippen MR) is 117 cm³/mol. The molecule has 1 fully saturated rings. The number of hydrogen-bond acceptors (Lipinski definition) is 6. The summed E-state index contributed by atoms with van der Waals surface area (Å²) in [5.41, 5.74) is 1.39. The number of carbonyl (C=O) groups excluding carboxylic acids is 2. The Kier molecular flexibility index (Phi) is 6.92. The third-order valence-electron chi connectivity index (χ3n) is 5.89. The van der Waals surface area contributed by atoms with E-state index in [0.29, 0.717) is 25.1 Å². The molecule has 9 nitrogen and oxygen atoms in total. The van der Waals surface area contributed by atoms with Crippen molar-refractivity contribution in [3.63, 3.8) is 0 Å². The number of nitrogens with one attached hydrogen (secondary N) is 1. The maximum Gasteiger partial charge on any atom is 0.273 e. The summed E-state index contributed by atoms with van der Waals surface area (Å²) >= 11 is 0. The zero-order valence-corrected chi connectivity index (χ0v) is 18.7. The summed E-state index contributed by atoms with van der Waals surface area (Å²) in [6.45, 7) is 5.48. The zero-order chi connectivity index (χ0) is 22.5. The van der Waals surface area contributed by atoms with Crippen LogP contribution in [-0.2, 0) is 17.8 Å². The molecule has 172 valence electrons. The Balaban J connectivity index is 1.30. The summed E-state index contributed by atoms with van der Waals surface area (Å²) in [7, 11) is 0. The van der Waals surface area contributed by atoms with Crippen molar-refractivity contribution in [3.8, 4) is 11.5 Å². The SMILES string of the molecule is CC(C)NC(=O)c1cn(CC[C@H]2CCCCN2C(=O)CCc2ccc3c(c2)OCO3)nn1. The van der Waals surface area contributed by atoms with Crippen LogP contribution < -0.4 is 14.8 Å². The maximum absolute atomic E-state index is 13.0. The molecule has 2 aliphatic rings. The Bertz CT molecular complexity index is 958. The average Bonchev–Trinajstić information content (AvgIpc) is 3.45. The Morgan fingerprint density at radius 2 is 2.06 bits per heavy atom. The summed E-state index contributed by atoms with van der Waals surface area (Å²) < 4.78 is 12.5.